The van der Waals surface area contributed by atoms with E-state index in [4.69, 9.17) is 0 Å². The highest BCUT2D eigenvalue weighted by molar-refractivity contribution is 5.91. The average Bonchev–Trinajstić information content (AvgIpc) is 2.78. The Balaban J connectivity index is 1.41. The van der Waals surface area contributed by atoms with Crippen molar-refractivity contribution in [1.29, 1.82) is 0 Å². The molecule has 0 radical (unpaired) electrons. The van der Waals surface area contributed by atoms with Crippen molar-refractivity contribution in [2.24, 2.45) is 0 Å². The molecule has 1 N–H and O–H groups in total. The van der Waals surface area contributed by atoms with Crippen molar-refractivity contribution in [2.45, 2.75) is 32.6 Å². The first kappa shape index (κ1) is 20.6. The molecule has 4 heterocycles. The standard InChI is InChI=1S/C23H25N7O/c1-16-14-17(2)28-23(27-16)29-22-21(25-10-11-26-22)19-7-12-30(13-8-19)20(31)6-5-18-4-3-9-24-15-18/h3-6,9-11,14-15,19H,7-8,12-13H2,1-2H3,(H,26,27,28,29)/b6-5+. The van der Waals surface area contributed by atoms with Crippen LogP contribution < -0.4 is 5.32 Å². The van der Waals surface area contributed by atoms with Gasteiger partial charge in [0.15, 0.2) is 5.82 Å². The number of anilines is 2. The van der Waals surface area contributed by atoms with Crippen molar-refractivity contribution in [3.63, 3.8) is 0 Å². The normalized spacial score (nSPS) is 14.7. The number of amides is 1. The van der Waals surface area contributed by atoms with Crippen LogP contribution in [0.5, 0.6) is 0 Å². The van der Waals surface area contributed by atoms with Gasteiger partial charge in [-0.25, -0.2) is 15.0 Å². The largest absolute Gasteiger partial charge is 0.339 e. The molecular weight excluding hydrogens is 390 g/mol. The van der Waals surface area contributed by atoms with Crippen LogP contribution in [0.25, 0.3) is 6.08 Å². The van der Waals surface area contributed by atoms with Gasteiger partial charge in [-0.3, -0.25) is 14.8 Å². The first-order valence-corrected chi connectivity index (χ1v) is 10.4. The summed E-state index contributed by atoms with van der Waals surface area (Å²) < 4.78 is 0. The number of carbonyl (C=O) groups excluding carboxylic acids is 1. The van der Waals surface area contributed by atoms with Crippen LogP contribution in [0, 0.1) is 13.8 Å². The maximum absolute atomic E-state index is 12.5. The van der Waals surface area contributed by atoms with E-state index in [0.717, 1.165) is 35.5 Å². The van der Waals surface area contributed by atoms with E-state index in [1.54, 1.807) is 36.9 Å². The Kier molecular flexibility index (Phi) is 6.26. The second-order valence-electron chi connectivity index (χ2n) is 7.61. The zero-order valence-corrected chi connectivity index (χ0v) is 17.7. The van der Waals surface area contributed by atoms with Crippen molar-refractivity contribution in [1.82, 2.24) is 29.8 Å². The Hall–Kier alpha value is -3.68. The van der Waals surface area contributed by atoms with E-state index in [-0.39, 0.29) is 11.8 Å². The van der Waals surface area contributed by atoms with E-state index in [1.807, 2.05) is 36.9 Å². The smallest absolute Gasteiger partial charge is 0.246 e. The van der Waals surface area contributed by atoms with Crippen LogP contribution in [0.3, 0.4) is 0 Å². The van der Waals surface area contributed by atoms with Crippen molar-refractivity contribution in [2.75, 3.05) is 18.4 Å². The summed E-state index contributed by atoms with van der Waals surface area (Å²) in [5, 5.41) is 3.23. The minimum Gasteiger partial charge on any atom is -0.339 e. The summed E-state index contributed by atoms with van der Waals surface area (Å²) in [5.74, 6) is 1.43. The number of nitrogens with zero attached hydrogens (tertiary/aromatic N) is 6. The number of likely N-dealkylation sites (tertiary alicyclic amines) is 1. The summed E-state index contributed by atoms with van der Waals surface area (Å²) >= 11 is 0. The number of hydrogen-bond donors (Lipinski definition) is 1. The van der Waals surface area contributed by atoms with Crippen LogP contribution in [-0.4, -0.2) is 48.8 Å². The molecule has 0 atom stereocenters. The molecule has 1 saturated heterocycles. The first-order valence-electron chi connectivity index (χ1n) is 10.4. The molecule has 1 aliphatic heterocycles. The van der Waals surface area contributed by atoms with Crippen LogP contribution in [-0.2, 0) is 4.79 Å². The number of hydrogen-bond acceptors (Lipinski definition) is 7. The van der Waals surface area contributed by atoms with Crippen molar-refractivity contribution >= 4 is 23.7 Å². The Morgan fingerprint density at radius 3 is 2.55 bits per heavy atom. The fraction of sp³-hybridized carbons (Fsp3) is 0.304. The molecule has 0 aromatic carbocycles. The molecule has 0 spiro atoms. The van der Waals surface area contributed by atoms with E-state index in [2.05, 4.69) is 30.2 Å². The fourth-order valence-electron chi connectivity index (χ4n) is 3.75. The molecule has 3 aromatic rings. The topological polar surface area (TPSA) is 96.8 Å². The van der Waals surface area contributed by atoms with Crippen LogP contribution in [0.4, 0.5) is 11.8 Å². The van der Waals surface area contributed by atoms with E-state index in [9.17, 15) is 4.79 Å². The van der Waals surface area contributed by atoms with Crippen molar-refractivity contribution in [3.8, 4) is 0 Å². The molecule has 3 aromatic heterocycles. The highest BCUT2D eigenvalue weighted by atomic mass is 16.2. The van der Waals surface area contributed by atoms with Crippen molar-refractivity contribution in [3.05, 3.63) is 71.7 Å². The van der Waals surface area contributed by atoms with Crippen LogP contribution in [0.15, 0.2) is 49.1 Å². The van der Waals surface area contributed by atoms with Gasteiger partial charge in [-0.05, 0) is 50.5 Å². The lowest BCUT2D eigenvalue weighted by atomic mass is 9.93. The lowest BCUT2D eigenvalue weighted by Crippen LogP contribution is -2.37. The van der Waals surface area contributed by atoms with Gasteiger partial charge < -0.3 is 10.2 Å². The Bertz CT molecular complexity index is 1060. The maximum Gasteiger partial charge on any atom is 0.246 e. The van der Waals surface area contributed by atoms with E-state index in [0.29, 0.717) is 24.9 Å². The lowest BCUT2D eigenvalue weighted by Gasteiger charge is -2.31. The van der Waals surface area contributed by atoms with Gasteiger partial charge in [0, 0.05) is 61.3 Å². The number of carbonyl (C=O) groups is 1. The van der Waals surface area contributed by atoms with Gasteiger partial charge in [-0.15, -0.1) is 0 Å². The Morgan fingerprint density at radius 1 is 1.10 bits per heavy atom. The minimum atomic E-state index is 0.0171. The molecule has 1 fully saturated rings. The molecule has 0 bridgehead atoms. The summed E-state index contributed by atoms with van der Waals surface area (Å²) in [7, 11) is 0. The second kappa shape index (κ2) is 9.42. The summed E-state index contributed by atoms with van der Waals surface area (Å²) in [6.07, 6.45) is 11.9. The van der Waals surface area contributed by atoms with Crippen LogP contribution >= 0.6 is 0 Å². The summed E-state index contributed by atoms with van der Waals surface area (Å²) in [6, 6.07) is 5.70. The number of piperidine rings is 1. The SMILES string of the molecule is Cc1cc(C)nc(Nc2nccnc2C2CCN(C(=O)/C=C/c3cccnc3)CC2)n1. The Morgan fingerprint density at radius 2 is 1.84 bits per heavy atom. The molecule has 158 valence electrons. The molecule has 31 heavy (non-hydrogen) atoms. The van der Waals surface area contributed by atoms with Crippen LogP contribution in [0.2, 0.25) is 0 Å². The highest BCUT2D eigenvalue weighted by Crippen LogP contribution is 2.31. The monoisotopic (exact) mass is 415 g/mol. The van der Waals surface area contributed by atoms with E-state index < -0.39 is 0 Å². The molecule has 0 saturated carbocycles. The molecule has 1 amide bonds. The predicted octanol–water partition coefficient (Wildman–Crippen LogP) is 3.44. The highest BCUT2D eigenvalue weighted by Gasteiger charge is 2.26. The number of pyridine rings is 1. The molecule has 1 aliphatic rings. The number of nitrogens with one attached hydrogen (secondary N) is 1. The molecule has 4 rings (SSSR count). The maximum atomic E-state index is 12.5. The average molecular weight is 416 g/mol. The summed E-state index contributed by atoms with van der Waals surface area (Å²) in [6.45, 7) is 5.23. The third-order valence-electron chi connectivity index (χ3n) is 5.24. The summed E-state index contributed by atoms with van der Waals surface area (Å²) in [4.78, 5) is 36.4. The van der Waals surface area contributed by atoms with Gasteiger partial charge in [0.05, 0.1) is 5.69 Å². The molecule has 0 aliphatic carbocycles. The predicted molar refractivity (Wildman–Crippen MR) is 119 cm³/mol. The fourth-order valence-corrected chi connectivity index (χ4v) is 3.75. The zero-order chi connectivity index (χ0) is 21.6. The van der Waals surface area contributed by atoms with Gasteiger partial charge in [0.1, 0.15) is 0 Å². The molecule has 0 unspecified atom stereocenters. The zero-order valence-electron chi connectivity index (χ0n) is 17.7. The number of aromatic nitrogens is 5. The summed E-state index contributed by atoms with van der Waals surface area (Å²) in [5.41, 5.74) is 3.59. The molecule has 8 nitrogen and oxygen atoms in total. The number of rotatable bonds is 5. The minimum absolute atomic E-state index is 0.0171. The van der Waals surface area contributed by atoms with Crippen molar-refractivity contribution < 1.29 is 4.79 Å². The third-order valence-corrected chi connectivity index (χ3v) is 5.24. The van der Waals surface area contributed by atoms with Gasteiger partial charge in [0.2, 0.25) is 11.9 Å². The van der Waals surface area contributed by atoms with Crippen LogP contribution in [0.1, 0.15) is 41.4 Å². The quantitative estimate of drug-likeness (QED) is 0.638. The van der Waals surface area contributed by atoms with E-state index in [1.165, 1.54) is 0 Å². The second-order valence-corrected chi connectivity index (χ2v) is 7.61. The Labute approximate surface area is 181 Å². The first-order chi connectivity index (χ1) is 15.1. The number of aryl methyl sites for hydroxylation is 2. The molecule has 8 heteroatoms. The third kappa shape index (κ3) is 5.28. The molecular formula is C23H25N7O. The van der Waals surface area contributed by atoms with Gasteiger partial charge in [0.25, 0.3) is 0 Å². The van der Waals surface area contributed by atoms with Gasteiger partial charge in [-0.1, -0.05) is 6.07 Å². The lowest BCUT2D eigenvalue weighted by molar-refractivity contribution is -0.126. The van der Waals surface area contributed by atoms with Gasteiger partial charge >= 0.3 is 0 Å². The van der Waals surface area contributed by atoms with E-state index >= 15 is 0 Å². The van der Waals surface area contributed by atoms with Gasteiger partial charge in [-0.2, -0.15) is 0 Å².